The van der Waals surface area contributed by atoms with Crippen molar-refractivity contribution in [3.63, 3.8) is 0 Å². The Morgan fingerprint density at radius 1 is 1.47 bits per heavy atom. The molecule has 0 amide bonds. The van der Waals surface area contributed by atoms with Crippen molar-refractivity contribution in [2.45, 2.75) is 39.3 Å². The minimum absolute atomic E-state index is 0.0466. The maximum atomic E-state index is 12.1. The first-order chi connectivity index (χ1) is 7.93. The third-order valence-electron chi connectivity index (χ3n) is 2.69. The molecule has 1 aromatic heterocycles. The van der Waals surface area contributed by atoms with Crippen LogP contribution >= 0.6 is 0 Å². The zero-order valence-electron chi connectivity index (χ0n) is 11.1. The Labute approximate surface area is 102 Å². The number of nitrogens with two attached hydrogens (primary N) is 1. The van der Waals surface area contributed by atoms with Gasteiger partial charge in [-0.3, -0.25) is 4.79 Å². The van der Waals surface area contributed by atoms with Crippen LogP contribution in [0, 0.1) is 0 Å². The predicted molar refractivity (Wildman–Crippen MR) is 70.4 cm³/mol. The first kappa shape index (κ1) is 13.7. The summed E-state index contributed by atoms with van der Waals surface area (Å²) in [5.41, 5.74) is 5.66. The van der Waals surface area contributed by atoms with Crippen LogP contribution in [0.3, 0.4) is 0 Å². The minimum atomic E-state index is -0.0466. The van der Waals surface area contributed by atoms with Crippen LogP contribution in [-0.4, -0.2) is 29.2 Å². The summed E-state index contributed by atoms with van der Waals surface area (Å²) in [4.78, 5) is 18.1. The van der Waals surface area contributed by atoms with Crippen LogP contribution in [0.15, 0.2) is 17.2 Å². The first-order valence-electron chi connectivity index (χ1n) is 5.97. The molecule has 17 heavy (non-hydrogen) atoms. The molecule has 0 spiro atoms. The van der Waals surface area contributed by atoms with E-state index in [1.807, 2.05) is 32.7 Å². The van der Waals surface area contributed by atoms with Crippen molar-refractivity contribution < 1.29 is 0 Å². The molecule has 5 nitrogen and oxygen atoms in total. The zero-order valence-corrected chi connectivity index (χ0v) is 11.1. The fourth-order valence-electron chi connectivity index (χ4n) is 1.59. The van der Waals surface area contributed by atoms with Gasteiger partial charge in [0, 0.05) is 38.1 Å². The summed E-state index contributed by atoms with van der Waals surface area (Å²) in [6.45, 7) is 6.65. The van der Waals surface area contributed by atoms with E-state index in [9.17, 15) is 4.79 Å². The molecule has 0 saturated carbocycles. The van der Waals surface area contributed by atoms with E-state index < -0.39 is 0 Å². The maximum Gasteiger partial charge on any atom is 0.293 e. The Hall–Kier alpha value is -1.36. The molecule has 1 atom stereocenters. The van der Waals surface area contributed by atoms with E-state index in [0.717, 1.165) is 13.0 Å². The van der Waals surface area contributed by atoms with Gasteiger partial charge >= 0.3 is 0 Å². The van der Waals surface area contributed by atoms with Crippen molar-refractivity contribution >= 4 is 5.82 Å². The van der Waals surface area contributed by atoms with Crippen LogP contribution in [0.5, 0.6) is 0 Å². The molecule has 0 fully saturated rings. The van der Waals surface area contributed by atoms with Gasteiger partial charge in [-0.1, -0.05) is 0 Å². The summed E-state index contributed by atoms with van der Waals surface area (Å²) in [6.07, 6.45) is 4.23. The van der Waals surface area contributed by atoms with E-state index in [-0.39, 0.29) is 17.6 Å². The highest BCUT2D eigenvalue weighted by molar-refractivity contribution is 5.34. The number of anilines is 1. The average molecular weight is 238 g/mol. The van der Waals surface area contributed by atoms with Gasteiger partial charge in [-0.15, -0.1) is 0 Å². The van der Waals surface area contributed by atoms with E-state index in [4.69, 9.17) is 5.73 Å². The van der Waals surface area contributed by atoms with Crippen LogP contribution in [0.25, 0.3) is 0 Å². The minimum Gasteiger partial charge on any atom is -0.355 e. The Morgan fingerprint density at radius 3 is 2.65 bits per heavy atom. The van der Waals surface area contributed by atoms with Crippen molar-refractivity contribution in [3.8, 4) is 0 Å². The van der Waals surface area contributed by atoms with Gasteiger partial charge in [-0.2, -0.15) is 0 Å². The van der Waals surface area contributed by atoms with Gasteiger partial charge in [-0.25, -0.2) is 4.98 Å². The van der Waals surface area contributed by atoms with Crippen molar-refractivity contribution in [2.75, 3.05) is 18.5 Å². The monoisotopic (exact) mass is 238 g/mol. The molecule has 1 rings (SSSR count). The number of aromatic nitrogens is 2. The molecular weight excluding hydrogens is 216 g/mol. The first-order valence-corrected chi connectivity index (χ1v) is 5.97. The largest absolute Gasteiger partial charge is 0.355 e. The highest BCUT2D eigenvalue weighted by atomic mass is 16.1. The van der Waals surface area contributed by atoms with Crippen molar-refractivity contribution in [1.29, 1.82) is 0 Å². The van der Waals surface area contributed by atoms with Crippen LogP contribution in [0.2, 0.25) is 0 Å². The van der Waals surface area contributed by atoms with E-state index >= 15 is 0 Å². The Bertz CT molecular complexity index is 411. The van der Waals surface area contributed by atoms with Gasteiger partial charge in [0.25, 0.3) is 5.56 Å². The molecule has 0 aliphatic carbocycles. The third-order valence-corrected chi connectivity index (χ3v) is 2.69. The van der Waals surface area contributed by atoms with Crippen LogP contribution in [0.1, 0.15) is 33.2 Å². The van der Waals surface area contributed by atoms with E-state index in [0.29, 0.717) is 5.82 Å². The smallest absolute Gasteiger partial charge is 0.293 e. The van der Waals surface area contributed by atoms with Gasteiger partial charge in [0.1, 0.15) is 0 Å². The fraction of sp³-hybridized carbons (Fsp3) is 0.667. The molecule has 0 radical (unpaired) electrons. The van der Waals surface area contributed by atoms with E-state index in [1.54, 1.807) is 17.0 Å². The number of nitrogens with zero attached hydrogens (tertiary/aromatic N) is 3. The lowest BCUT2D eigenvalue weighted by Gasteiger charge is -2.20. The van der Waals surface area contributed by atoms with Gasteiger partial charge in [0.05, 0.1) is 0 Å². The summed E-state index contributed by atoms with van der Waals surface area (Å²) in [5.74, 6) is 0.488. The molecule has 0 aromatic carbocycles. The van der Waals surface area contributed by atoms with Gasteiger partial charge in [0.15, 0.2) is 5.82 Å². The van der Waals surface area contributed by atoms with Gasteiger partial charge in [0.2, 0.25) is 0 Å². The van der Waals surface area contributed by atoms with Crippen LogP contribution in [-0.2, 0) is 0 Å². The summed E-state index contributed by atoms with van der Waals surface area (Å²) in [6, 6.07) is 0.277. The SMILES string of the molecule is CC(N)CCN(C)c1nccn(C(C)C)c1=O. The second kappa shape index (κ2) is 5.82. The number of hydrogen-bond acceptors (Lipinski definition) is 4. The van der Waals surface area contributed by atoms with Crippen molar-refractivity contribution in [2.24, 2.45) is 5.73 Å². The fourth-order valence-corrected chi connectivity index (χ4v) is 1.59. The quantitative estimate of drug-likeness (QED) is 0.831. The summed E-state index contributed by atoms with van der Waals surface area (Å²) in [5, 5.41) is 0. The molecule has 1 aromatic rings. The van der Waals surface area contributed by atoms with Crippen LogP contribution in [0.4, 0.5) is 5.82 Å². The Balaban J connectivity index is 2.91. The molecular formula is C12H22N4O. The molecule has 1 heterocycles. The van der Waals surface area contributed by atoms with E-state index in [1.165, 1.54) is 0 Å². The van der Waals surface area contributed by atoms with E-state index in [2.05, 4.69) is 4.98 Å². The molecule has 5 heteroatoms. The standard InChI is InChI=1S/C12H22N4O/c1-9(2)16-8-6-14-11(12(16)17)15(4)7-5-10(3)13/h6,8-10H,5,7,13H2,1-4H3. The maximum absolute atomic E-state index is 12.1. The lowest BCUT2D eigenvalue weighted by molar-refractivity contribution is 0.570. The molecule has 1 unspecified atom stereocenters. The highest BCUT2D eigenvalue weighted by Gasteiger charge is 2.11. The van der Waals surface area contributed by atoms with Gasteiger partial charge < -0.3 is 15.2 Å². The average Bonchev–Trinajstić information content (AvgIpc) is 2.25. The normalized spacial score (nSPS) is 12.8. The number of rotatable bonds is 5. The van der Waals surface area contributed by atoms with Crippen LogP contribution < -0.4 is 16.2 Å². The lowest BCUT2D eigenvalue weighted by Crippen LogP contribution is -2.33. The highest BCUT2D eigenvalue weighted by Crippen LogP contribution is 2.05. The summed E-state index contributed by atoms with van der Waals surface area (Å²) in [7, 11) is 1.87. The molecule has 2 N–H and O–H groups in total. The molecule has 0 bridgehead atoms. The summed E-state index contributed by atoms with van der Waals surface area (Å²) >= 11 is 0. The summed E-state index contributed by atoms with van der Waals surface area (Å²) < 4.78 is 1.69. The number of hydrogen-bond donors (Lipinski definition) is 1. The Morgan fingerprint density at radius 2 is 2.12 bits per heavy atom. The second-order valence-electron chi connectivity index (χ2n) is 4.74. The molecule has 0 saturated heterocycles. The lowest BCUT2D eigenvalue weighted by atomic mass is 10.2. The predicted octanol–water partition coefficient (Wildman–Crippen LogP) is 0.998. The molecule has 0 aliphatic heterocycles. The van der Waals surface area contributed by atoms with Gasteiger partial charge in [-0.05, 0) is 27.2 Å². The second-order valence-corrected chi connectivity index (χ2v) is 4.74. The van der Waals surface area contributed by atoms with Crippen molar-refractivity contribution in [3.05, 3.63) is 22.7 Å². The third kappa shape index (κ3) is 3.56. The Kier molecular flexibility index (Phi) is 4.69. The molecule has 96 valence electrons. The van der Waals surface area contributed by atoms with Crippen molar-refractivity contribution in [1.82, 2.24) is 9.55 Å². The topological polar surface area (TPSA) is 64.2 Å². The molecule has 0 aliphatic rings. The zero-order chi connectivity index (χ0) is 13.0.